The molecule has 0 aliphatic carbocycles. The van der Waals surface area contributed by atoms with Gasteiger partial charge in [-0.3, -0.25) is 0 Å². The van der Waals surface area contributed by atoms with Gasteiger partial charge in [-0.25, -0.2) is 0 Å². The van der Waals surface area contributed by atoms with Crippen LogP contribution in [0.3, 0.4) is 0 Å². The van der Waals surface area contributed by atoms with Crippen molar-refractivity contribution in [3.8, 4) is 0 Å². The Kier molecular flexibility index (Phi) is 6.98. The van der Waals surface area contributed by atoms with E-state index in [1.807, 2.05) is 7.05 Å². The summed E-state index contributed by atoms with van der Waals surface area (Å²) < 4.78 is 5.63. The molecule has 1 unspecified atom stereocenters. The van der Waals surface area contributed by atoms with Gasteiger partial charge in [-0.1, -0.05) is 6.42 Å². The molecule has 1 heterocycles. The van der Waals surface area contributed by atoms with Gasteiger partial charge in [0.2, 0.25) is 0 Å². The average molecular weight is 214 g/mol. The highest BCUT2D eigenvalue weighted by Gasteiger charge is 2.13. The molecule has 15 heavy (non-hydrogen) atoms. The zero-order valence-electron chi connectivity index (χ0n) is 10.3. The van der Waals surface area contributed by atoms with Crippen LogP contribution in [-0.2, 0) is 4.74 Å². The molecule has 0 bridgehead atoms. The second-order valence-electron chi connectivity index (χ2n) is 4.50. The maximum Gasteiger partial charge on any atom is 0.0673 e. The molecule has 0 spiro atoms. The van der Waals surface area contributed by atoms with Crippen LogP contribution in [0.2, 0.25) is 0 Å². The van der Waals surface area contributed by atoms with Crippen LogP contribution in [0, 0.1) is 0 Å². The van der Waals surface area contributed by atoms with Crippen LogP contribution >= 0.6 is 0 Å². The average Bonchev–Trinajstić information content (AvgIpc) is 2.43. The summed E-state index contributed by atoms with van der Waals surface area (Å²) in [7, 11) is 2.02. The van der Waals surface area contributed by atoms with Crippen molar-refractivity contribution in [2.24, 2.45) is 0 Å². The van der Waals surface area contributed by atoms with Gasteiger partial charge in [-0.05, 0) is 46.3 Å². The van der Waals surface area contributed by atoms with Crippen molar-refractivity contribution < 1.29 is 4.74 Å². The van der Waals surface area contributed by atoms with Crippen LogP contribution in [0.1, 0.15) is 32.6 Å². The molecule has 3 heteroatoms. The number of unbranched alkanes of at least 4 members (excludes halogenated alkanes) is 2. The number of ether oxygens (including phenoxy) is 1. The topological polar surface area (TPSA) is 24.5 Å². The van der Waals surface area contributed by atoms with E-state index in [4.69, 9.17) is 4.74 Å². The summed E-state index contributed by atoms with van der Waals surface area (Å²) in [4.78, 5) is 2.55. The normalized spacial score (nSPS) is 24.0. The first-order valence-electron chi connectivity index (χ1n) is 6.31. The van der Waals surface area contributed by atoms with Gasteiger partial charge in [-0.2, -0.15) is 0 Å². The molecule has 0 aromatic carbocycles. The molecular formula is C12H26N2O. The Morgan fingerprint density at radius 2 is 2.20 bits per heavy atom. The van der Waals surface area contributed by atoms with Crippen molar-refractivity contribution in [3.05, 3.63) is 0 Å². The van der Waals surface area contributed by atoms with Crippen molar-refractivity contribution >= 4 is 0 Å². The van der Waals surface area contributed by atoms with Crippen LogP contribution in [0.5, 0.6) is 0 Å². The van der Waals surface area contributed by atoms with Gasteiger partial charge in [0.05, 0.1) is 6.10 Å². The van der Waals surface area contributed by atoms with E-state index in [1.54, 1.807) is 0 Å². The van der Waals surface area contributed by atoms with Gasteiger partial charge in [0, 0.05) is 19.7 Å². The fourth-order valence-corrected chi connectivity index (χ4v) is 2.10. The van der Waals surface area contributed by atoms with E-state index in [0.29, 0.717) is 6.10 Å². The molecule has 1 N–H and O–H groups in total. The van der Waals surface area contributed by atoms with Gasteiger partial charge >= 0.3 is 0 Å². The Hall–Kier alpha value is -0.120. The van der Waals surface area contributed by atoms with E-state index in [0.717, 1.165) is 19.7 Å². The van der Waals surface area contributed by atoms with E-state index < -0.39 is 0 Å². The first-order valence-corrected chi connectivity index (χ1v) is 6.31. The van der Waals surface area contributed by atoms with E-state index in [2.05, 4.69) is 17.1 Å². The van der Waals surface area contributed by atoms with Gasteiger partial charge in [0.25, 0.3) is 0 Å². The Morgan fingerprint density at radius 3 is 3.00 bits per heavy atom. The van der Waals surface area contributed by atoms with Crippen molar-refractivity contribution in [1.82, 2.24) is 10.2 Å². The summed E-state index contributed by atoms with van der Waals surface area (Å²) in [6.45, 7) is 7.86. The van der Waals surface area contributed by atoms with Crippen LogP contribution in [0.25, 0.3) is 0 Å². The monoisotopic (exact) mass is 214 g/mol. The lowest BCUT2D eigenvalue weighted by atomic mass is 10.2. The predicted molar refractivity (Wildman–Crippen MR) is 64.2 cm³/mol. The molecule has 1 rings (SSSR count). The Morgan fingerprint density at radius 1 is 1.33 bits per heavy atom. The van der Waals surface area contributed by atoms with E-state index >= 15 is 0 Å². The van der Waals surface area contributed by atoms with Crippen LogP contribution < -0.4 is 5.32 Å². The fraction of sp³-hybridized carbons (Fsp3) is 1.00. The number of nitrogens with zero attached hydrogens (tertiary/aromatic N) is 1. The quantitative estimate of drug-likeness (QED) is 0.678. The maximum absolute atomic E-state index is 5.63. The largest absolute Gasteiger partial charge is 0.377 e. The first-order chi connectivity index (χ1) is 7.33. The molecule has 1 fully saturated rings. The lowest BCUT2D eigenvalue weighted by molar-refractivity contribution is 0.0675. The Bertz CT molecular complexity index is 153. The van der Waals surface area contributed by atoms with Crippen LogP contribution in [0.4, 0.5) is 0 Å². The summed E-state index contributed by atoms with van der Waals surface area (Å²) in [5.74, 6) is 0. The Labute approximate surface area is 94.2 Å². The zero-order chi connectivity index (χ0) is 10.9. The lowest BCUT2D eigenvalue weighted by Crippen LogP contribution is -2.31. The molecule has 0 amide bonds. The minimum Gasteiger partial charge on any atom is -0.377 e. The summed E-state index contributed by atoms with van der Waals surface area (Å²) in [5.41, 5.74) is 0. The molecular weight excluding hydrogens is 188 g/mol. The van der Waals surface area contributed by atoms with Crippen LogP contribution in [-0.4, -0.2) is 50.8 Å². The maximum atomic E-state index is 5.63. The molecule has 1 aliphatic rings. The predicted octanol–water partition coefficient (Wildman–Crippen LogP) is 1.49. The first kappa shape index (κ1) is 12.9. The number of hydrogen-bond donors (Lipinski definition) is 1. The van der Waals surface area contributed by atoms with Crippen molar-refractivity contribution in [1.29, 1.82) is 0 Å². The highest BCUT2D eigenvalue weighted by molar-refractivity contribution is 4.66. The van der Waals surface area contributed by atoms with Gasteiger partial charge in [0.15, 0.2) is 0 Å². The highest BCUT2D eigenvalue weighted by Crippen LogP contribution is 2.07. The lowest BCUT2D eigenvalue weighted by Gasteiger charge is -2.21. The number of nitrogens with one attached hydrogen (secondary N) is 1. The molecule has 0 aromatic rings. The molecule has 90 valence electrons. The highest BCUT2D eigenvalue weighted by atomic mass is 16.5. The number of rotatable bonds is 6. The smallest absolute Gasteiger partial charge is 0.0673 e. The van der Waals surface area contributed by atoms with Gasteiger partial charge in [0.1, 0.15) is 0 Å². The molecule has 1 atom stereocenters. The summed E-state index contributed by atoms with van der Waals surface area (Å²) in [6.07, 6.45) is 5.59. The van der Waals surface area contributed by atoms with E-state index in [-0.39, 0.29) is 0 Å². The van der Waals surface area contributed by atoms with Crippen molar-refractivity contribution in [2.75, 3.05) is 39.8 Å². The second kappa shape index (κ2) is 8.08. The molecule has 1 aliphatic heterocycles. The van der Waals surface area contributed by atoms with Crippen molar-refractivity contribution in [3.63, 3.8) is 0 Å². The SMILES string of the molecule is CNCCCCCN1CCCOC(C)C1. The third-order valence-electron chi connectivity index (χ3n) is 2.94. The third kappa shape index (κ3) is 6.13. The molecule has 3 nitrogen and oxygen atoms in total. The molecule has 0 aromatic heterocycles. The third-order valence-corrected chi connectivity index (χ3v) is 2.94. The van der Waals surface area contributed by atoms with Crippen LogP contribution in [0.15, 0.2) is 0 Å². The summed E-state index contributed by atoms with van der Waals surface area (Å²) >= 11 is 0. The number of hydrogen-bond acceptors (Lipinski definition) is 3. The van der Waals surface area contributed by atoms with E-state index in [1.165, 1.54) is 38.8 Å². The van der Waals surface area contributed by atoms with Gasteiger partial charge in [-0.15, -0.1) is 0 Å². The van der Waals surface area contributed by atoms with Gasteiger partial charge < -0.3 is 15.0 Å². The standard InChI is InChI=1S/C12H26N2O/c1-12-11-14(9-6-10-15-12)8-5-3-4-7-13-2/h12-13H,3-11H2,1-2H3. The Balaban J connectivity index is 2.03. The molecule has 0 radical (unpaired) electrons. The summed E-state index contributed by atoms with van der Waals surface area (Å²) in [5, 5.41) is 3.19. The minimum atomic E-state index is 0.421. The summed E-state index contributed by atoms with van der Waals surface area (Å²) in [6, 6.07) is 0. The van der Waals surface area contributed by atoms with E-state index in [9.17, 15) is 0 Å². The van der Waals surface area contributed by atoms with Crippen molar-refractivity contribution in [2.45, 2.75) is 38.7 Å². The molecule has 0 saturated carbocycles. The fourth-order valence-electron chi connectivity index (χ4n) is 2.10. The zero-order valence-corrected chi connectivity index (χ0v) is 10.3. The minimum absolute atomic E-state index is 0.421. The molecule has 1 saturated heterocycles. The second-order valence-corrected chi connectivity index (χ2v) is 4.50.